The van der Waals surface area contributed by atoms with E-state index in [2.05, 4.69) is 17.4 Å². The van der Waals surface area contributed by atoms with Crippen LogP contribution in [0, 0.1) is 5.92 Å². The van der Waals surface area contributed by atoms with Crippen molar-refractivity contribution in [2.24, 2.45) is 5.92 Å². The Balaban J connectivity index is 1.89. The third-order valence-electron chi connectivity index (χ3n) is 3.94. The zero-order valence-electron chi connectivity index (χ0n) is 9.41. The van der Waals surface area contributed by atoms with Crippen LogP contribution in [0.2, 0.25) is 0 Å². The van der Waals surface area contributed by atoms with Crippen molar-refractivity contribution < 1.29 is 4.79 Å². The van der Waals surface area contributed by atoms with E-state index >= 15 is 0 Å². The predicted molar refractivity (Wildman–Crippen MR) is 64.6 cm³/mol. The van der Waals surface area contributed by atoms with Crippen LogP contribution in [-0.2, 0) is 4.79 Å². The summed E-state index contributed by atoms with van der Waals surface area (Å²) in [5.74, 6) is 0.999. The lowest BCUT2D eigenvalue weighted by Gasteiger charge is -2.32. The number of carbonyl (C=O) groups is 1. The van der Waals surface area contributed by atoms with Gasteiger partial charge in [-0.3, -0.25) is 4.79 Å². The average Bonchev–Trinajstić information content (AvgIpc) is 2.26. The number of hydrogen-bond donors (Lipinski definition) is 1. The van der Waals surface area contributed by atoms with Crippen LogP contribution >= 0.6 is 0 Å². The molecule has 1 unspecified atom stereocenters. The van der Waals surface area contributed by atoms with E-state index < -0.39 is 0 Å². The maximum absolute atomic E-state index is 12.3. The van der Waals surface area contributed by atoms with Crippen LogP contribution in [0.5, 0.6) is 0 Å². The van der Waals surface area contributed by atoms with Crippen LogP contribution in [0.1, 0.15) is 37.2 Å². The summed E-state index contributed by atoms with van der Waals surface area (Å²) >= 11 is 0. The molecule has 2 aliphatic rings. The zero-order valence-corrected chi connectivity index (χ0v) is 9.41. The minimum atomic E-state index is 0.155. The van der Waals surface area contributed by atoms with Gasteiger partial charge in [-0.1, -0.05) is 24.6 Å². The third-order valence-corrected chi connectivity index (χ3v) is 3.94. The van der Waals surface area contributed by atoms with E-state index in [0.717, 1.165) is 31.5 Å². The van der Waals surface area contributed by atoms with Crippen molar-refractivity contribution >= 4 is 11.5 Å². The highest BCUT2D eigenvalue weighted by Gasteiger charge is 2.34. The molecule has 16 heavy (non-hydrogen) atoms. The fraction of sp³-hybridized carbons (Fsp3) is 0.500. The molecule has 1 heterocycles. The summed E-state index contributed by atoms with van der Waals surface area (Å²) in [7, 11) is 0. The first-order valence-electron chi connectivity index (χ1n) is 6.23. The first kappa shape index (κ1) is 9.88. The highest BCUT2D eigenvalue weighted by molar-refractivity contribution is 5.90. The number of fused-ring (bicyclic) bond motifs is 1. The van der Waals surface area contributed by atoms with Gasteiger partial charge >= 0.3 is 0 Å². The van der Waals surface area contributed by atoms with Gasteiger partial charge in [0.1, 0.15) is 5.78 Å². The lowest BCUT2D eigenvalue weighted by atomic mass is 9.74. The van der Waals surface area contributed by atoms with Gasteiger partial charge in [0.15, 0.2) is 0 Å². The summed E-state index contributed by atoms with van der Waals surface area (Å²) in [6, 6.07) is 8.24. The normalized spacial score (nSPS) is 24.1. The monoisotopic (exact) mass is 215 g/mol. The minimum Gasteiger partial charge on any atom is -0.385 e. The molecule has 0 bridgehead atoms. The molecule has 84 valence electrons. The molecule has 1 aliphatic carbocycles. The highest BCUT2D eigenvalue weighted by atomic mass is 16.1. The number of anilines is 1. The molecule has 0 radical (unpaired) electrons. The number of carbonyl (C=O) groups excluding carboxylic acids is 1. The van der Waals surface area contributed by atoms with E-state index in [1.165, 1.54) is 12.0 Å². The average molecular weight is 215 g/mol. The molecule has 1 aliphatic heterocycles. The number of hydrogen-bond acceptors (Lipinski definition) is 2. The van der Waals surface area contributed by atoms with Crippen molar-refractivity contribution in [3.63, 3.8) is 0 Å². The molecule has 0 amide bonds. The Kier molecular flexibility index (Phi) is 2.43. The molecule has 1 atom stereocenters. The van der Waals surface area contributed by atoms with Crippen LogP contribution in [0.3, 0.4) is 0 Å². The van der Waals surface area contributed by atoms with E-state index in [1.54, 1.807) is 0 Å². The summed E-state index contributed by atoms with van der Waals surface area (Å²) in [5.41, 5.74) is 2.37. The second-order valence-electron chi connectivity index (χ2n) is 4.89. The molecule has 1 saturated carbocycles. The smallest absolute Gasteiger partial charge is 0.143 e. The quantitative estimate of drug-likeness (QED) is 0.821. The Morgan fingerprint density at radius 2 is 2.00 bits per heavy atom. The first-order chi connectivity index (χ1) is 7.86. The van der Waals surface area contributed by atoms with Gasteiger partial charge in [-0.2, -0.15) is 0 Å². The van der Waals surface area contributed by atoms with Crippen LogP contribution in [-0.4, -0.2) is 12.3 Å². The van der Waals surface area contributed by atoms with Crippen molar-refractivity contribution in [1.29, 1.82) is 0 Å². The van der Waals surface area contributed by atoms with Crippen molar-refractivity contribution in [3.8, 4) is 0 Å². The molecule has 1 fully saturated rings. The maximum atomic E-state index is 12.3. The summed E-state index contributed by atoms with van der Waals surface area (Å²) in [6.45, 7) is 0.931. The molecule has 2 nitrogen and oxygen atoms in total. The molecule has 0 aromatic heterocycles. The lowest BCUT2D eigenvalue weighted by Crippen LogP contribution is -2.31. The van der Waals surface area contributed by atoms with E-state index in [9.17, 15) is 4.79 Å². The van der Waals surface area contributed by atoms with Gasteiger partial charge < -0.3 is 5.32 Å². The maximum Gasteiger partial charge on any atom is 0.143 e. The minimum absolute atomic E-state index is 0.155. The largest absolute Gasteiger partial charge is 0.385 e. The third kappa shape index (κ3) is 1.53. The van der Waals surface area contributed by atoms with Crippen molar-refractivity contribution in [3.05, 3.63) is 29.8 Å². The summed E-state index contributed by atoms with van der Waals surface area (Å²) in [5, 5.41) is 3.37. The van der Waals surface area contributed by atoms with Gasteiger partial charge in [0.05, 0.1) is 0 Å². The molecular weight excluding hydrogens is 198 g/mol. The number of nitrogens with one attached hydrogen (secondary N) is 1. The molecule has 0 spiro atoms. The van der Waals surface area contributed by atoms with Crippen molar-refractivity contribution in [2.75, 3.05) is 11.9 Å². The van der Waals surface area contributed by atoms with Gasteiger partial charge in [-0.15, -0.1) is 0 Å². The Hall–Kier alpha value is -1.31. The molecule has 3 rings (SSSR count). The molecule has 0 saturated heterocycles. The number of benzene rings is 1. The summed E-state index contributed by atoms with van der Waals surface area (Å²) in [6.07, 6.45) is 4.44. The highest BCUT2D eigenvalue weighted by Crippen LogP contribution is 2.38. The lowest BCUT2D eigenvalue weighted by molar-refractivity contribution is -0.126. The van der Waals surface area contributed by atoms with E-state index in [0.29, 0.717) is 11.7 Å². The molecule has 1 aromatic carbocycles. The molecule has 2 heteroatoms. The van der Waals surface area contributed by atoms with E-state index in [4.69, 9.17) is 0 Å². The molecule has 1 N–H and O–H groups in total. The van der Waals surface area contributed by atoms with Crippen LogP contribution in [0.4, 0.5) is 5.69 Å². The van der Waals surface area contributed by atoms with Gasteiger partial charge in [-0.05, 0) is 30.9 Å². The number of ketones is 1. The first-order valence-corrected chi connectivity index (χ1v) is 6.23. The van der Waals surface area contributed by atoms with Gasteiger partial charge in [-0.25, -0.2) is 0 Å². The Morgan fingerprint density at radius 1 is 1.19 bits per heavy atom. The van der Waals surface area contributed by atoms with Crippen LogP contribution < -0.4 is 5.32 Å². The summed E-state index contributed by atoms with van der Waals surface area (Å²) in [4.78, 5) is 12.3. The topological polar surface area (TPSA) is 29.1 Å². The van der Waals surface area contributed by atoms with E-state index in [-0.39, 0.29) is 5.92 Å². The Morgan fingerprint density at radius 3 is 2.75 bits per heavy atom. The van der Waals surface area contributed by atoms with Crippen LogP contribution in [0.25, 0.3) is 0 Å². The standard InChI is InChI=1S/C14H17NO/c16-14(10-4-3-5-10)12-8-9-15-13-7-2-1-6-11(12)13/h1-2,6-7,10,12,15H,3-5,8-9H2. The summed E-state index contributed by atoms with van der Waals surface area (Å²) < 4.78 is 0. The Bertz CT molecular complexity index is 409. The predicted octanol–water partition coefficient (Wildman–Crippen LogP) is 2.96. The Labute approximate surface area is 96.1 Å². The van der Waals surface area contributed by atoms with Gasteiger partial charge in [0.2, 0.25) is 0 Å². The molecular formula is C14H17NO. The second-order valence-corrected chi connectivity index (χ2v) is 4.89. The number of para-hydroxylation sites is 1. The SMILES string of the molecule is O=C(C1CCC1)C1CCNc2ccccc21. The van der Waals surface area contributed by atoms with Crippen molar-refractivity contribution in [1.82, 2.24) is 0 Å². The number of rotatable bonds is 2. The van der Waals surface area contributed by atoms with Gasteiger partial charge in [0.25, 0.3) is 0 Å². The number of Topliss-reactive ketones (excluding diaryl/α,β-unsaturated/α-hetero) is 1. The van der Waals surface area contributed by atoms with Gasteiger partial charge in [0, 0.05) is 24.1 Å². The zero-order chi connectivity index (χ0) is 11.0. The molecule has 1 aromatic rings. The fourth-order valence-corrected chi connectivity index (χ4v) is 2.74. The van der Waals surface area contributed by atoms with Crippen molar-refractivity contribution in [2.45, 2.75) is 31.6 Å². The fourth-order valence-electron chi connectivity index (χ4n) is 2.74. The van der Waals surface area contributed by atoms with E-state index in [1.807, 2.05) is 12.1 Å². The van der Waals surface area contributed by atoms with Crippen LogP contribution in [0.15, 0.2) is 24.3 Å². The second kappa shape index (κ2) is 3.93.